The van der Waals surface area contributed by atoms with E-state index in [0.29, 0.717) is 12.5 Å². The zero-order valence-corrected chi connectivity index (χ0v) is 19.1. The van der Waals surface area contributed by atoms with E-state index in [-0.39, 0.29) is 30.2 Å². The molecule has 1 atom stereocenters. The smallest absolute Gasteiger partial charge is 0.0469 e. The Kier molecular flexibility index (Phi) is 14.2. The van der Waals surface area contributed by atoms with Crippen LogP contribution in [-0.4, -0.2) is 24.7 Å². The van der Waals surface area contributed by atoms with Gasteiger partial charge in [0.25, 0.3) is 0 Å². The molecular formula is C20H35BrCl2N2O. The summed E-state index contributed by atoms with van der Waals surface area (Å²) < 4.78 is 6.65. The molecule has 1 aromatic rings. The van der Waals surface area contributed by atoms with Crippen LogP contribution in [0.15, 0.2) is 22.9 Å². The van der Waals surface area contributed by atoms with Crippen molar-refractivity contribution < 1.29 is 4.74 Å². The SMILES string of the molecule is CCCCCCCCC(CN)(c1cncc(Br)c1)C1CCOCC1.Cl.Cl. The number of rotatable bonds is 10. The first-order chi connectivity index (χ1) is 11.7. The summed E-state index contributed by atoms with van der Waals surface area (Å²) in [6.45, 7) is 4.70. The normalized spacial score (nSPS) is 17.0. The molecule has 1 aromatic heterocycles. The minimum absolute atomic E-state index is 0. The van der Waals surface area contributed by atoms with Crippen molar-refractivity contribution in [3.05, 3.63) is 28.5 Å². The summed E-state index contributed by atoms with van der Waals surface area (Å²) in [4.78, 5) is 4.43. The van der Waals surface area contributed by atoms with Crippen LogP contribution in [0, 0.1) is 5.92 Å². The van der Waals surface area contributed by atoms with E-state index >= 15 is 0 Å². The van der Waals surface area contributed by atoms with E-state index in [1.54, 1.807) is 0 Å². The van der Waals surface area contributed by atoms with Crippen molar-refractivity contribution in [1.29, 1.82) is 0 Å². The van der Waals surface area contributed by atoms with Gasteiger partial charge in [-0.25, -0.2) is 0 Å². The van der Waals surface area contributed by atoms with Crippen molar-refractivity contribution in [2.45, 2.75) is 70.1 Å². The van der Waals surface area contributed by atoms with E-state index in [4.69, 9.17) is 10.5 Å². The van der Waals surface area contributed by atoms with Crippen LogP contribution in [0.4, 0.5) is 0 Å². The highest BCUT2D eigenvalue weighted by Crippen LogP contribution is 2.42. The molecule has 152 valence electrons. The van der Waals surface area contributed by atoms with Crippen LogP contribution in [-0.2, 0) is 10.2 Å². The molecule has 0 spiro atoms. The van der Waals surface area contributed by atoms with Crippen LogP contribution in [0.3, 0.4) is 0 Å². The van der Waals surface area contributed by atoms with Gasteiger partial charge in [-0.1, -0.05) is 45.4 Å². The summed E-state index contributed by atoms with van der Waals surface area (Å²) in [5.74, 6) is 0.600. The molecule has 1 unspecified atom stereocenters. The van der Waals surface area contributed by atoms with Crippen molar-refractivity contribution in [3.63, 3.8) is 0 Å². The number of halogens is 3. The van der Waals surface area contributed by atoms with Gasteiger partial charge in [0.05, 0.1) is 0 Å². The van der Waals surface area contributed by atoms with Crippen molar-refractivity contribution in [2.24, 2.45) is 11.7 Å². The molecule has 0 radical (unpaired) electrons. The number of pyridine rings is 1. The van der Waals surface area contributed by atoms with E-state index < -0.39 is 0 Å². The van der Waals surface area contributed by atoms with Crippen LogP contribution in [0.2, 0.25) is 0 Å². The maximum atomic E-state index is 6.40. The van der Waals surface area contributed by atoms with Crippen molar-refractivity contribution >= 4 is 40.7 Å². The van der Waals surface area contributed by atoms with Gasteiger partial charge in [0.2, 0.25) is 0 Å². The van der Waals surface area contributed by atoms with Crippen molar-refractivity contribution in [1.82, 2.24) is 4.98 Å². The quantitative estimate of drug-likeness (QED) is 0.423. The Bertz CT molecular complexity index is 487. The van der Waals surface area contributed by atoms with Crippen LogP contribution >= 0.6 is 40.7 Å². The fraction of sp³-hybridized carbons (Fsp3) is 0.750. The fourth-order valence-corrected chi connectivity index (χ4v) is 4.49. The summed E-state index contributed by atoms with van der Waals surface area (Å²) >= 11 is 3.59. The van der Waals surface area contributed by atoms with E-state index in [1.807, 2.05) is 12.4 Å². The zero-order chi connectivity index (χ0) is 17.3. The average Bonchev–Trinajstić information content (AvgIpc) is 2.62. The minimum Gasteiger partial charge on any atom is -0.381 e. The Morgan fingerprint density at radius 1 is 1.12 bits per heavy atom. The molecular weight excluding hydrogens is 435 g/mol. The first kappa shape index (κ1) is 26.1. The Balaban J connectivity index is 0.00000312. The topological polar surface area (TPSA) is 48.1 Å². The van der Waals surface area contributed by atoms with Crippen LogP contribution in [0.1, 0.15) is 70.3 Å². The molecule has 26 heavy (non-hydrogen) atoms. The predicted molar refractivity (Wildman–Crippen MR) is 119 cm³/mol. The van der Waals surface area contributed by atoms with Crippen LogP contribution in [0.25, 0.3) is 0 Å². The van der Waals surface area contributed by atoms with Gasteiger partial charge in [0, 0.05) is 42.0 Å². The lowest BCUT2D eigenvalue weighted by Gasteiger charge is -2.42. The van der Waals surface area contributed by atoms with Gasteiger partial charge in [-0.2, -0.15) is 0 Å². The largest absolute Gasteiger partial charge is 0.381 e. The maximum Gasteiger partial charge on any atom is 0.0469 e. The molecule has 2 heterocycles. The number of nitrogens with zero attached hydrogens (tertiary/aromatic N) is 1. The lowest BCUT2D eigenvalue weighted by atomic mass is 9.65. The van der Waals surface area contributed by atoms with Gasteiger partial charge in [0.1, 0.15) is 0 Å². The number of hydrogen-bond donors (Lipinski definition) is 1. The molecule has 2 rings (SSSR count). The van der Waals surface area contributed by atoms with Gasteiger partial charge in [-0.3, -0.25) is 4.98 Å². The van der Waals surface area contributed by atoms with Gasteiger partial charge in [-0.15, -0.1) is 24.8 Å². The lowest BCUT2D eigenvalue weighted by Crippen LogP contribution is -2.44. The lowest BCUT2D eigenvalue weighted by molar-refractivity contribution is 0.0348. The number of ether oxygens (including phenoxy) is 1. The molecule has 0 aromatic carbocycles. The second kappa shape index (κ2) is 14.2. The molecule has 0 aliphatic carbocycles. The second-order valence-electron chi connectivity index (χ2n) is 7.16. The highest BCUT2D eigenvalue weighted by atomic mass is 79.9. The molecule has 0 amide bonds. The van der Waals surface area contributed by atoms with Gasteiger partial charge in [-0.05, 0) is 52.7 Å². The predicted octanol–water partition coefficient (Wildman–Crippen LogP) is 6.06. The van der Waals surface area contributed by atoms with Crippen LogP contribution in [0.5, 0.6) is 0 Å². The van der Waals surface area contributed by atoms with Crippen molar-refractivity contribution in [3.8, 4) is 0 Å². The highest BCUT2D eigenvalue weighted by molar-refractivity contribution is 9.10. The number of hydrogen-bond acceptors (Lipinski definition) is 3. The Hall–Kier alpha value is 0.130. The monoisotopic (exact) mass is 468 g/mol. The zero-order valence-electron chi connectivity index (χ0n) is 15.9. The Morgan fingerprint density at radius 3 is 2.38 bits per heavy atom. The fourth-order valence-electron chi connectivity index (χ4n) is 4.13. The number of aromatic nitrogens is 1. The van der Waals surface area contributed by atoms with E-state index in [0.717, 1.165) is 30.5 Å². The minimum atomic E-state index is 0. The molecule has 3 nitrogen and oxygen atoms in total. The molecule has 1 aliphatic rings. The van der Waals surface area contributed by atoms with Crippen molar-refractivity contribution in [2.75, 3.05) is 19.8 Å². The van der Waals surface area contributed by atoms with Crippen LogP contribution < -0.4 is 5.73 Å². The second-order valence-corrected chi connectivity index (χ2v) is 8.07. The first-order valence-corrected chi connectivity index (χ1v) is 10.4. The Morgan fingerprint density at radius 2 is 1.77 bits per heavy atom. The molecule has 0 saturated carbocycles. The Labute approximate surface area is 180 Å². The van der Waals surface area contributed by atoms with E-state index in [9.17, 15) is 0 Å². The summed E-state index contributed by atoms with van der Waals surface area (Å²) in [6.07, 6.45) is 15.2. The third kappa shape index (κ3) is 7.27. The number of nitrogens with two attached hydrogens (primary N) is 1. The van der Waals surface area contributed by atoms with Gasteiger partial charge in [0.15, 0.2) is 0 Å². The maximum absolute atomic E-state index is 6.40. The summed E-state index contributed by atoms with van der Waals surface area (Å²) in [5.41, 5.74) is 7.75. The molecule has 1 saturated heterocycles. The van der Waals surface area contributed by atoms with E-state index in [2.05, 4.69) is 33.9 Å². The third-order valence-corrected chi connectivity index (χ3v) is 6.06. The summed E-state index contributed by atoms with van der Waals surface area (Å²) in [7, 11) is 0. The summed E-state index contributed by atoms with van der Waals surface area (Å²) in [6, 6.07) is 2.23. The number of unbranched alkanes of at least 4 members (excludes halogenated alkanes) is 5. The molecule has 1 fully saturated rings. The third-order valence-electron chi connectivity index (χ3n) is 5.62. The molecule has 6 heteroatoms. The first-order valence-electron chi connectivity index (χ1n) is 9.62. The van der Waals surface area contributed by atoms with Gasteiger partial charge < -0.3 is 10.5 Å². The van der Waals surface area contributed by atoms with E-state index in [1.165, 1.54) is 50.5 Å². The molecule has 2 N–H and O–H groups in total. The standard InChI is InChI=1S/C20H33BrN2O.2ClH/c1-2-3-4-5-6-7-10-20(16-22,17-8-11-24-12-9-17)18-13-19(21)15-23-14-18;;/h13-15,17H,2-12,16,22H2,1H3;2*1H. The molecule has 0 bridgehead atoms. The average molecular weight is 470 g/mol. The molecule has 1 aliphatic heterocycles. The highest BCUT2D eigenvalue weighted by Gasteiger charge is 2.39. The van der Waals surface area contributed by atoms with Gasteiger partial charge >= 0.3 is 0 Å². The summed E-state index contributed by atoms with van der Waals surface area (Å²) in [5, 5.41) is 0.